The van der Waals surface area contributed by atoms with Crippen LogP contribution in [0.5, 0.6) is 0 Å². The van der Waals surface area contributed by atoms with Gasteiger partial charge in [0.05, 0.1) is 17.6 Å². The fourth-order valence-electron chi connectivity index (χ4n) is 2.27. The van der Waals surface area contributed by atoms with E-state index in [9.17, 15) is 9.59 Å². The van der Waals surface area contributed by atoms with Crippen molar-refractivity contribution in [1.29, 1.82) is 0 Å². The molecule has 1 aliphatic heterocycles. The van der Waals surface area contributed by atoms with E-state index in [2.05, 4.69) is 9.88 Å². The first-order chi connectivity index (χ1) is 9.74. The van der Waals surface area contributed by atoms with Crippen molar-refractivity contribution >= 4 is 33.6 Å². The highest BCUT2D eigenvalue weighted by Gasteiger charge is 2.17. The van der Waals surface area contributed by atoms with Crippen molar-refractivity contribution in [1.82, 2.24) is 9.55 Å². The molecule has 2 aromatic heterocycles. The summed E-state index contributed by atoms with van der Waals surface area (Å²) in [5.41, 5.74) is 0. The minimum Gasteiger partial charge on any atom is -0.348 e. The molecule has 2 aromatic rings. The van der Waals surface area contributed by atoms with E-state index < -0.39 is 0 Å². The Balaban J connectivity index is 1.71. The highest BCUT2D eigenvalue weighted by atomic mass is 32.1. The van der Waals surface area contributed by atoms with Crippen LogP contribution in [0.4, 0.5) is 5.13 Å². The smallest absolute Gasteiger partial charge is 0.307 e. The lowest BCUT2D eigenvalue weighted by Crippen LogP contribution is -2.29. The summed E-state index contributed by atoms with van der Waals surface area (Å²) in [4.78, 5) is 30.7. The van der Waals surface area contributed by atoms with E-state index in [0.717, 1.165) is 29.6 Å². The molecule has 20 heavy (non-hydrogen) atoms. The van der Waals surface area contributed by atoms with Gasteiger partial charge in [-0.1, -0.05) is 22.7 Å². The number of nitrogens with zero attached hydrogens (tertiary/aromatic N) is 3. The number of hydrogen-bond acceptors (Lipinski definition) is 6. The predicted molar refractivity (Wildman–Crippen MR) is 81.1 cm³/mol. The molecule has 0 unspecified atom stereocenters. The number of carbonyl (C=O) groups is 1. The fraction of sp³-hybridized carbons (Fsp3) is 0.462. The van der Waals surface area contributed by atoms with Gasteiger partial charge in [-0.3, -0.25) is 14.2 Å². The van der Waals surface area contributed by atoms with Gasteiger partial charge in [-0.2, -0.15) is 0 Å². The Morgan fingerprint density at radius 1 is 1.30 bits per heavy atom. The van der Waals surface area contributed by atoms with E-state index in [1.54, 1.807) is 17.8 Å². The summed E-state index contributed by atoms with van der Waals surface area (Å²) in [5, 5.41) is 2.62. The molecule has 0 amide bonds. The van der Waals surface area contributed by atoms with Gasteiger partial charge in [-0.25, -0.2) is 4.98 Å². The summed E-state index contributed by atoms with van der Waals surface area (Å²) in [6, 6.07) is 0. The van der Waals surface area contributed by atoms with Gasteiger partial charge >= 0.3 is 4.87 Å². The molecule has 0 radical (unpaired) electrons. The van der Waals surface area contributed by atoms with Crippen molar-refractivity contribution < 1.29 is 4.79 Å². The van der Waals surface area contributed by atoms with Crippen molar-refractivity contribution in [3.8, 4) is 0 Å². The average molecular weight is 309 g/mol. The highest BCUT2D eigenvalue weighted by Crippen LogP contribution is 2.25. The fourth-order valence-corrected chi connectivity index (χ4v) is 3.75. The zero-order valence-corrected chi connectivity index (χ0v) is 12.6. The summed E-state index contributed by atoms with van der Waals surface area (Å²) in [6.45, 7) is 2.14. The van der Waals surface area contributed by atoms with Gasteiger partial charge in [0.1, 0.15) is 0 Å². The Hall–Kier alpha value is -1.47. The van der Waals surface area contributed by atoms with E-state index in [0.29, 0.717) is 4.88 Å². The molecule has 1 fully saturated rings. The van der Waals surface area contributed by atoms with E-state index in [1.165, 1.54) is 35.2 Å². The summed E-state index contributed by atoms with van der Waals surface area (Å²) < 4.78 is 1.44. The van der Waals surface area contributed by atoms with Gasteiger partial charge in [0, 0.05) is 24.7 Å². The van der Waals surface area contributed by atoms with Crippen molar-refractivity contribution in [2.24, 2.45) is 0 Å². The number of aromatic nitrogens is 2. The molecule has 0 atom stereocenters. The number of ketones is 1. The minimum atomic E-state index is -0.0980. The monoisotopic (exact) mass is 309 g/mol. The second-order valence-electron chi connectivity index (χ2n) is 4.77. The van der Waals surface area contributed by atoms with Crippen LogP contribution in [0.15, 0.2) is 22.6 Å². The topological polar surface area (TPSA) is 55.2 Å². The standard InChI is InChI=1S/C13H15N3O2S2/c17-10(9-16-6-7-19-13(16)18)11-8-14-12(20-11)15-4-2-1-3-5-15/h6-8H,1-5,9H2. The molecule has 0 N–H and O–H groups in total. The number of rotatable bonds is 4. The highest BCUT2D eigenvalue weighted by molar-refractivity contribution is 7.17. The van der Waals surface area contributed by atoms with Gasteiger partial charge in [0.25, 0.3) is 0 Å². The zero-order valence-electron chi connectivity index (χ0n) is 10.9. The summed E-state index contributed by atoms with van der Waals surface area (Å²) >= 11 is 2.53. The molecule has 5 nitrogen and oxygen atoms in total. The Morgan fingerprint density at radius 2 is 2.10 bits per heavy atom. The Morgan fingerprint density at radius 3 is 2.80 bits per heavy atom. The largest absolute Gasteiger partial charge is 0.348 e. The third-order valence-electron chi connectivity index (χ3n) is 3.35. The molecule has 106 valence electrons. The molecule has 0 aromatic carbocycles. The molecular weight excluding hydrogens is 294 g/mol. The summed E-state index contributed by atoms with van der Waals surface area (Å²) in [5.74, 6) is -0.0498. The molecule has 0 saturated carbocycles. The van der Waals surface area contributed by atoms with Crippen molar-refractivity contribution in [2.45, 2.75) is 25.8 Å². The summed E-state index contributed by atoms with van der Waals surface area (Å²) in [7, 11) is 0. The van der Waals surface area contributed by atoms with Crippen LogP contribution in [0.1, 0.15) is 28.9 Å². The molecule has 0 spiro atoms. The number of carbonyl (C=O) groups excluding carboxylic acids is 1. The van der Waals surface area contributed by atoms with E-state index in [-0.39, 0.29) is 17.2 Å². The van der Waals surface area contributed by atoms with Gasteiger partial charge < -0.3 is 4.90 Å². The second-order valence-corrected chi connectivity index (χ2v) is 6.64. The third kappa shape index (κ3) is 2.83. The number of thiazole rings is 2. The Labute approximate surface area is 124 Å². The maximum absolute atomic E-state index is 12.2. The minimum absolute atomic E-state index is 0.0498. The van der Waals surface area contributed by atoms with Crippen LogP contribution in [0.3, 0.4) is 0 Å². The molecule has 0 bridgehead atoms. The molecular formula is C13H15N3O2S2. The Bertz CT molecular complexity index is 652. The molecule has 1 aliphatic rings. The lowest BCUT2D eigenvalue weighted by molar-refractivity contribution is 0.0975. The second kappa shape index (κ2) is 5.88. The number of hydrogen-bond donors (Lipinski definition) is 0. The lowest BCUT2D eigenvalue weighted by atomic mass is 10.1. The van der Waals surface area contributed by atoms with Crippen LogP contribution >= 0.6 is 22.7 Å². The molecule has 3 rings (SSSR count). The number of anilines is 1. The first-order valence-corrected chi connectivity index (χ1v) is 8.31. The quantitative estimate of drug-likeness (QED) is 0.813. The zero-order chi connectivity index (χ0) is 13.9. The normalized spacial score (nSPS) is 15.5. The van der Waals surface area contributed by atoms with E-state index in [4.69, 9.17) is 0 Å². The van der Waals surface area contributed by atoms with Crippen LogP contribution in [-0.2, 0) is 6.54 Å². The molecule has 3 heterocycles. The number of piperidine rings is 1. The van der Waals surface area contributed by atoms with Gasteiger partial charge in [0.15, 0.2) is 10.9 Å². The van der Waals surface area contributed by atoms with Crippen LogP contribution in [0.2, 0.25) is 0 Å². The summed E-state index contributed by atoms with van der Waals surface area (Å²) in [6.07, 6.45) is 6.93. The molecule has 7 heteroatoms. The lowest BCUT2D eigenvalue weighted by Gasteiger charge is -2.25. The van der Waals surface area contributed by atoms with E-state index in [1.807, 2.05) is 0 Å². The molecule has 0 aliphatic carbocycles. The third-order valence-corrected chi connectivity index (χ3v) is 5.15. The van der Waals surface area contributed by atoms with Gasteiger partial charge in [0.2, 0.25) is 0 Å². The van der Waals surface area contributed by atoms with Crippen molar-refractivity contribution in [3.63, 3.8) is 0 Å². The van der Waals surface area contributed by atoms with Crippen molar-refractivity contribution in [3.05, 3.63) is 32.3 Å². The van der Waals surface area contributed by atoms with Crippen LogP contribution in [0, 0.1) is 0 Å². The average Bonchev–Trinajstić information content (AvgIpc) is 3.10. The maximum atomic E-state index is 12.2. The van der Waals surface area contributed by atoms with E-state index >= 15 is 0 Å². The van der Waals surface area contributed by atoms with Crippen LogP contribution in [0.25, 0.3) is 0 Å². The van der Waals surface area contributed by atoms with Gasteiger partial charge in [-0.15, -0.1) is 0 Å². The first kappa shape index (κ1) is 13.5. The van der Waals surface area contributed by atoms with Crippen LogP contribution in [-0.4, -0.2) is 28.4 Å². The van der Waals surface area contributed by atoms with Crippen LogP contribution < -0.4 is 9.77 Å². The SMILES string of the molecule is O=C(Cn1ccsc1=O)c1cnc(N2CCCCC2)s1. The molecule has 1 saturated heterocycles. The maximum Gasteiger partial charge on any atom is 0.307 e. The predicted octanol–water partition coefficient (Wildman–Crippen LogP) is 2.24. The number of Topliss-reactive ketones (excluding diaryl/α,β-unsaturated/α-hetero) is 1. The van der Waals surface area contributed by atoms with Crippen molar-refractivity contribution in [2.75, 3.05) is 18.0 Å². The first-order valence-electron chi connectivity index (χ1n) is 6.62. The Kier molecular flexibility index (Phi) is 3.98. The van der Waals surface area contributed by atoms with Gasteiger partial charge in [-0.05, 0) is 19.3 Å².